The van der Waals surface area contributed by atoms with Gasteiger partial charge in [-0.15, -0.1) is 0 Å². The van der Waals surface area contributed by atoms with E-state index in [1.165, 1.54) is 26.0 Å². The van der Waals surface area contributed by atoms with Gasteiger partial charge in [-0.2, -0.15) is 0 Å². The predicted molar refractivity (Wildman–Crippen MR) is 74.2 cm³/mol. The maximum atomic E-state index is 10.5. The van der Waals surface area contributed by atoms with Gasteiger partial charge >= 0.3 is 59.1 Å². The molecule has 6 heteroatoms. The van der Waals surface area contributed by atoms with E-state index in [0.717, 1.165) is 11.1 Å². The van der Waals surface area contributed by atoms with Crippen LogP contribution in [0.1, 0.15) is 27.7 Å². The summed E-state index contributed by atoms with van der Waals surface area (Å²) in [6.45, 7) is 6.48. The molecule has 0 saturated heterocycles. The molecule has 0 spiro atoms. The number of hydrogen-bond acceptors (Lipinski definition) is 4. The molecule has 0 aliphatic rings. The second-order valence-electron chi connectivity index (χ2n) is 4.44. The average Bonchev–Trinajstić information content (AvgIpc) is 2.34. The van der Waals surface area contributed by atoms with E-state index in [4.69, 9.17) is 0 Å². The molecule has 0 radical (unpaired) electrons. The number of carbonyl (C=O) groups excluding carboxylic acids is 2. The molecule has 0 N–H and O–H groups in total. The van der Waals surface area contributed by atoms with Gasteiger partial charge < -0.3 is 19.8 Å². The molecule has 0 aromatic rings. The van der Waals surface area contributed by atoms with E-state index in [1.54, 1.807) is 38.2 Å². The van der Waals surface area contributed by atoms with E-state index in [0.29, 0.717) is 0 Å². The molecule has 0 amide bonds. The van der Waals surface area contributed by atoms with E-state index >= 15 is 0 Å². The summed E-state index contributed by atoms with van der Waals surface area (Å²) < 4.78 is 0. The van der Waals surface area contributed by atoms with E-state index < -0.39 is 11.9 Å². The van der Waals surface area contributed by atoms with E-state index in [1.807, 2.05) is 0 Å². The first kappa shape index (κ1) is 26.5. The molecular weight excluding hydrogens is 302 g/mol. The van der Waals surface area contributed by atoms with Gasteiger partial charge in [0.2, 0.25) is 0 Å². The maximum Gasteiger partial charge on any atom is 1.00 e. The van der Waals surface area contributed by atoms with Gasteiger partial charge in [-0.3, -0.25) is 0 Å². The molecule has 0 bridgehead atoms. The van der Waals surface area contributed by atoms with Crippen LogP contribution in [0.5, 0.6) is 0 Å². The van der Waals surface area contributed by atoms with Crippen molar-refractivity contribution < 1.29 is 78.9 Å². The van der Waals surface area contributed by atoms with Gasteiger partial charge in [0.15, 0.2) is 0 Å². The van der Waals surface area contributed by atoms with Crippen molar-refractivity contribution in [2.45, 2.75) is 27.7 Å². The SMILES string of the molecule is CC(=C\C=C\C=C(C)\C=C(/C)C(=O)[O-])/C=C(\C)C(=O)[O-].[Na+].[Na+]. The average molecular weight is 320 g/mol. The van der Waals surface area contributed by atoms with E-state index in [-0.39, 0.29) is 70.3 Å². The van der Waals surface area contributed by atoms with E-state index in [2.05, 4.69) is 0 Å². The quantitative estimate of drug-likeness (QED) is 0.278. The van der Waals surface area contributed by atoms with Crippen molar-refractivity contribution in [3.63, 3.8) is 0 Å². The van der Waals surface area contributed by atoms with Gasteiger partial charge in [0.25, 0.3) is 0 Å². The second kappa shape index (κ2) is 14.2. The zero-order valence-electron chi connectivity index (χ0n) is 14.1. The van der Waals surface area contributed by atoms with Crippen molar-refractivity contribution in [2.24, 2.45) is 0 Å². The van der Waals surface area contributed by atoms with Gasteiger partial charge in [0, 0.05) is 0 Å². The van der Waals surface area contributed by atoms with Gasteiger partial charge in [-0.1, -0.05) is 47.6 Å². The Kier molecular flexibility index (Phi) is 17.2. The van der Waals surface area contributed by atoms with Crippen molar-refractivity contribution >= 4 is 11.9 Å². The summed E-state index contributed by atoms with van der Waals surface area (Å²) in [6, 6.07) is 0. The Morgan fingerprint density at radius 2 is 0.955 bits per heavy atom. The third-order valence-corrected chi connectivity index (χ3v) is 2.36. The number of carboxylic acids is 2. The zero-order chi connectivity index (χ0) is 15.7. The first-order valence-corrected chi connectivity index (χ1v) is 6.05. The minimum absolute atomic E-state index is 0. The minimum Gasteiger partial charge on any atom is -0.545 e. The topological polar surface area (TPSA) is 80.3 Å². The molecule has 108 valence electrons. The Balaban J connectivity index is -0.00000180. The van der Waals surface area contributed by atoms with Crippen LogP contribution in [-0.4, -0.2) is 11.9 Å². The first-order valence-electron chi connectivity index (χ1n) is 6.05. The molecule has 0 aromatic carbocycles. The third-order valence-electron chi connectivity index (χ3n) is 2.36. The monoisotopic (exact) mass is 320 g/mol. The normalized spacial score (nSPS) is 13.5. The summed E-state index contributed by atoms with van der Waals surface area (Å²) in [5, 5.41) is 21.0. The summed E-state index contributed by atoms with van der Waals surface area (Å²) in [6.07, 6.45) is 9.98. The fourth-order valence-electron chi connectivity index (χ4n) is 1.31. The standard InChI is InChI=1S/C16H20O4.2Na/c1-11(9-13(3)15(17)18)7-5-6-8-12(2)10-14(4)16(19)20;;/h5-10H,1-4H3,(H,17,18)(H,19,20);;/q;2*+1/p-2/b6-5+,11-7+,12-8+,13-9+,14-10+;;. The van der Waals surface area contributed by atoms with Crippen LogP contribution in [0.15, 0.2) is 58.7 Å². The molecule has 0 aliphatic heterocycles. The van der Waals surface area contributed by atoms with Crippen LogP contribution in [-0.2, 0) is 9.59 Å². The number of allylic oxidation sites excluding steroid dienone is 8. The molecule has 0 aliphatic carbocycles. The number of hydrogen-bond donors (Lipinski definition) is 0. The Bertz CT molecular complexity index is 490. The Morgan fingerprint density at radius 1 is 0.682 bits per heavy atom. The van der Waals surface area contributed by atoms with Crippen LogP contribution in [0.2, 0.25) is 0 Å². The summed E-state index contributed by atoms with van der Waals surface area (Å²) in [5.41, 5.74) is 1.86. The number of aliphatic carboxylic acids is 2. The van der Waals surface area contributed by atoms with Gasteiger partial charge in [0.1, 0.15) is 0 Å². The van der Waals surface area contributed by atoms with Crippen molar-refractivity contribution in [2.75, 3.05) is 0 Å². The van der Waals surface area contributed by atoms with Crippen LogP contribution in [0.3, 0.4) is 0 Å². The van der Waals surface area contributed by atoms with Crippen LogP contribution in [0.4, 0.5) is 0 Å². The number of carbonyl (C=O) groups is 2. The Morgan fingerprint density at radius 3 is 1.18 bits per heavy atom. The number of carboxylic acid groups (broad SMARTS) is 2. The molecule has 0 unspecified atom stereocenters. The van der Waals surface area contributed by atoms with Crippen LogP contribution >= 0.6 is 0 Å². The smallest absolute Gasteiger partial charge is 0.545 e. The largest absolute Gasteiger partial charge is 1.00 e. The minimum atomic E-state index is -1.19. The van der Waals surface area contributed by atoms with Crippen molar-refractivity contribution in [1.82, 2.24) is 0 Å². The molecule has 0 rings (SSSR count). The van der Waals surface area contributed by atoms with Gasteiger partial charge in [0.05, 0.1) is 11.9 Å². The molecular formula is C16H18Na2O4. The molecule has 0 saturated carbocycles. The summed E-state index contributed by atoms with van der Waals surface area (Å²) in [4.78, 5) is 21.0. The summed E-state index contributed by atoms with van der Waals surface area (Å²) >= 11 is 0. The van der Waals surface area contributed by atoms with Crippen molar-refractivity contribution in [1.29, 1.82) is 0 Å². The first-order chi connectivity index (χ1) is 9.23. The zero-order valence-corrected chi connectivity index (χ0v) is 18.1. The van der Waals surface area contributed by atoms with Crippen molar-refractivity contribution in [3.05, 3.63) is 58.7 Å². The van der Waals surface area contributed by atoms with Gasteiger partial charge in [-0.25, -0.2) is 0 Å². The summed E-state index contributed by atoms with van der Waals surface area (Å²) in [5.74, 6) is -2.39. The van der Waals surface area contributed by atoms with Crippen LogP contribution in [0.25, 0.3) is 0 Å². The molecule has 0 fully saturated rings. The van der Waals surface area contributed by atoms with Gasteiger partial charge in [-0.05, 0) is 38.8 Å². The second-order valence-corrected chi connectivity index (χ2v) is 4.44. The molecule has 4 nitrogen and oxygen atoms in total. The predicted octanol–water partition coefficient (Wildman–Crippen LogP) is -5.16. The van der Waals surface area contributed by atoms with E-state index in [9.17, 15) is 19.8 Å². The number of rotatable bonds is 6. The maximum absolute atomic E-state index is 10.5. The Hall–Kier alpha value is -0.360. The fourth-order valence-corrected chi connectivity index (χ4v) is 1.31. The fraction of sp³-hybridized carbons (Fsp3) is 0.250. The molecule has 0 heterocycles. The molecule has 0 aromatic heterocycles. The molecule has 0 atom stereocenters. The Labute approximate surface area is 176 Å². The third kappa shape index (κ3) is 13.3. The summed E-state index contributed by atoms with van der Waals surface area (Å²) in [7, 11) is 0. The van der Waals surface area contributed by atoms with Crippen LogP contribution < -0.4 is 69.3 Å². The molecule has 22 heavy (non-hydrogen) atoms. The van der Waals surface area contributed by atoms with Crippen LogP contribution in [0, 0.1) is 0 Å². The van der Waals surface area contributed by atoms with Crippen molar-refractivity contribution in [3.8, 4) is 0 Å².